The summed E-state index contributed by atoms with van der Waals surface area (Å²) >= 11 is 0. The van der Waals surface area contributed by atoms with Crippen LogP contribution in [0.5, 0.6) is 11.5 Å². The van der Waals surface area contributed by atoms with E-state index in [1.807, 2.05) is 0 Å². The van der Waals surface area contributed by atoms with Gasteiger partial charge in [-0.15, -0.1) is 0 Å². The van der Waals surface area contributed by atoms with Crippen LogP contribution in [0, 0.1) is 5.92 Å². The van der Waals surface area contributed by atoms with E-state index in [0.717, 1.165) is 18.4 Å². The summed E-state index contributed by atoms with van der Waals surface area (Å²) in [5.74, 6) is 2.23. The maximum atomic E-state index is 9.54. The van der Waals surface area contributed by atoms with Gasteiger partial charge in [-0.05, 0) is 30.5 Å². The number of ether oxygens (including phenoxy) is 1. The molecule has 0 radical (unpaired) electrons. The van der Waals surface area contributed by atoms with Gasteiger partial charge in [-0.1, -0.05) is 19.0 Å². The van der Waals surface area contributed by atoms with Crippen molar-refractivity contribution in [2.75, 3.05) is 7.11 Å². The van der Waals surface area contributed by atoms with Crippen molar-refractivity contribution in [3.8, 4) is 23.0 Å². The van der Waals surface area contributed by atoms with Crippen LogP contribution in [0.3, 0.4) is 0 Å². The van der Waals surface area contributed by atoms with E-state index in [0.29, 0.717) is 23.4 Å². The lowest BCUT2D eigenvalue weighted by Crippen LogP contribution is -1.94. The Morgan fingerprint density at radius 2 is 2.16 bits per heavy atom. The van der Waals surface area contributed by atoms with Gasteiger partial charge >= 0.3 is 0 Å². The topological polar surface area (TPSA) is 68.4 Å². The van der Waals surface area contributed by atoms with Crippen molar-refractivity contribution < 1.29 is 14.4 Å². The van der Waals surface area contributed by atoms with Crippen LogP contribution in [0.15, 0.2) is 22.7 Å². The van der Waals surface area contributed by atoms with Crippen molar-refractivity contribution in [1.82, 2.24) is 10.1 Å². The van der Waals surface area contributed by atoms with Crippen LogP contribution in [0.2, 0.25) is 0 Å². The van der Waals surface area contributed by atoms with E-state index in [9.17, 15) is 5.11 Å². The highest BCUT2D eigenvalue weighted by molar-refractivity contribution is 5.59. The van der Waals surface area contributed by atoms with Gasteiger partial charge in [-0.25, -0.2) is 0 Å². The number of methoxy groups -OCH3 is 1. The van der Waals surface area contributed by atoms with E-state index < -0.39 is 0 Å². The van der Waals surface area contributed by atoms with Crippen molar-refractivity contribution in [2.45, 2.75) is 26.7 Å². The molecule has 2 aromatic rings. The summed E-state index contributed by atoms with van der Waals surface area (Å²) in [5, 5.41) is 13.5. The first-order valence-electron chi connectivity index (χ1n) is 6.30. The van der Waals surface area contributed by atoms with E-state index in [2.05, 4.69) is 24.0 Å². The summed E-state index contributed by atoms with van der Waals surface area (Å²) in [5.41, 5.74) is 0.734. The molecular weight excluding hydrogens is 244 g/mol. The molecule has 0 atom stereocenters. The number of aromatic hydroxyl groups is 1. The van der Waals surface area contributed by atoms with Crippen molar-refractivity contribution >= 4 is 0 Å². The first-order chi connectivity index (χ1) is 9.10. The number of nitrogens with zero attached hydrogens (tertiary/aromatic N) is 2. The van der Waals surface area contributed by atoms with Crippen LogP contribution >= 0.6 is 0 Å². The van der Waals surface area contributed by atoms with E-state index in [1.54, 1.807) is 18.2 Å². The van der Waals surface area contributed by atoms with Crippen LogP contribution in [0.25, 0.3) is 11.5 Å². The molecule has 5 nitrogen and oxygen atoms in total. The van der Waals surface area contributed by atoms with Crippen LogP contribution < -0.4 is 4.74 Å². The van der Waals surface area contributed by atoms with Gasteiger partial charge in [0.2, 0.25) is 0 Å². The van der Waals surface area contributed by atoms with Gasteiger partial charge in [0.1, 0.15) is 0 Å². The Bertz CT molecular complexity index is 549. The fraction of sp³-hybridized carbons (Fsp3) is 0.429. The number of aryl methyl sites for hydroxylation is 1. The summed E-state index contributed by atoms with van der Waals surface area (Å²) in [6.45, 7) is 4.32. The standard InChI is InChI=1S/C14H18N2O3/c1-9(2)4-7-13-15-14(19-16-13)10-5-6-11(17)12(8-10)18-3/h5-6,8-9,17H,4,7H2,1-3H3. The Morgan fingerprint density at radius 1 is 1.37 bits per heavy atom. The molecule has 1 heterocycles. The highest BCUT2D eigenvalue weighted by atomic mass is 16.5. The van der Waals surface area contributed by atoms with Gasteiger partial charge in [0, 0.05) is 12.0 Å². The number of hydrogen-bond donors (Lipinski definition) is 1. The molecule has 0 aliphatic heterocycles. The molecule has 0 fully saturated rings. The average molecular weight is 262 g/mol. The first kappa shape index (κ1) is 13.4. The minimum absolute atomic E-state index is 0.0887. The Morgan fingerprint density at radius 3 is 2.84 bits per heavy atom. The Kier molecular flexibility index (Phi) is 4.04. The number of rotatable bonds is 5. The molecule has 5 heteroatoms. The molecule has 0 saturated carbocycles. The highest BCUT2D eigenvalue weighted by Gasteiger charge is 2.11. The zero-order chi connectivity index (χ0) is 13.8. The van der Waals surface area contributed by atoms with Gasteiger partial charge in [0.25, 0.3) is 5.89 Å². The molecule has 0 saturated heterocycles. The zero-order valence-electron chi connectivity index (χ0n) is 11.4. The highest BCUT2D eigenvalue weighted by Crippen LogP contribution is 2.30. The smallest absolute Gasteiger partial charge is 0.258 e. The lowest BCUT2D eigenvalue weighted by atomic mass is 10.1. The van der Waals surface area contributed by atoms with Gasteiger partial charge < -0.3 is 14.4 Å². The molecule has 0 aliphatic carbocycles. The number of hydrogen-bond acceptors (Lipinski definition) is 5. The van der Waals surface area contributed by atoms with Crippen molar-refractivity contribution in [1.29, 1.82) is 0 Å². The van der Waals surface area contributed by atoms with Gasteiger partial charge in [0.05, 0.1) is 7.11 Å². The predicted octanol–water partition coefficient (Wildman–Crippen LogP) is 3.04. The molecule has 19 heavy (non-hydrogen) atoms. The van der Waals surface area contributed by atoms with Crippen LogP contribution in [-0.2, 0) is 6.42 Å². The Labute approximate surface area is 112 Å². The van der Waals surface area contributed by atoms with Crippen LogP contribution in [-0.4, -0.2) is 22.4 Å². The van der Waals surface area contributed by atoms with E-state index in [-0.39, 0.29) is 5.75 Å². The molecule has 0 amide bonds. The third-order valence-corrected chi connectivity index (χ3v) is 2.84. The summed E-state index contributed by atoms with van der Waals surface area (Å²) in [6.07, 6.45) is 1.83. The zero-order valence-corrected chi connectivity index (χ0v) is 11.4. The SMILES string of the molecule is COc1cc(-c2nc(CCC(C)C)no2)ccc1O. The molecule has 0 spiro atoms. The molecule has 1 aromatic carbocycles. The van der Waals surface area contributed by atoms with E-state index in [1.165, 1.54) is 7.11 Å². The lowest BCUT2D eigenvalue weighted by Gasteiger charge is -2.03. The quantitative estimate of drug-likeness (QED) is 0.897. The third-order valence-electron chi connectivity index (χ3n) is 2.84. The van der Waals surface area contributed by atoms with Crippen LogP contribution in [0.1, 0.15) is 26.1 Å². The number of benzene rings is 1. The second-order valence-electron chi connectivity index (χ2n) is 4.83. The van der Waals surface area contributed by atoms with E-state index >= 15 is 0 Å². The van der Waals surface area contributed by atoms with Crippen molar-refractivity contribution in [2.24, 2.45) is 5.92 Å². The predicted molar refractivity (Wildman–Crippen MR) is 71.1 cm³/mol. The van der Waals surface area contributed by atoms with Gasteiger partial charge in [-0.2, -0.15) is 4.98 Å². The first-order valence-corrected chi connectivity index (χ1v) is 6.30. The monoisotopic (exact) mass is 262 g/mol. The number of aromatic nitrogens is 2. The van der Waals surface area contributed by atoms with Crippen molar-refractivity contribution in [3.05, 3.63) is 24.0 Å². The Balaban J connectivity index is 2.18. The third kappa shape index (κ3) is 3.24. The Hall–Kier alpha value is -2.04. The summed E-state index contributed by atoms with van der Waals surface area (Å²) in [7, 11) is 1.50. The molecule has 102 valence electrons. The molecule has 0 aliphatic rings. The summed E-state index contributed by atoms with van der Waals surface area (Å²) in [6, 6.07) is 4.94. The second-order valence-corrected chi connectivity index (χ2v) is 4.83. The average Bonchev–Trinajstić information content (AvgIpc) is 2.86. The lowest BCUT2D eigenvalue weighted by molar-refractivity contribution is 0.373. The number of phenols is 1. The molecule has 0 bridgehead atoms. The second kappa shape index (κ2) is 5.73. The molecule has 1 aromatic heterocycles. The molecule has 0 unspecified atom stereocenters. The summed E-state index contributed by atoms with van der Waals surface area (Å²) in [4.78, 5) is 4.34. The fourth-order valence-corrected chi connectivity index (χ4v) is 1.70. The molecule has 1 N–H and O–H groups in total. The maximum absolute atomic E-state index is 9.54. The van der Waals surface area contributed by atoms with E-state index in [4.69, 9.17) is 9.26 Å². The molecular formula is C14H18N2O3. The van der Waals surface area contributed by atoms with Crippen LogP contribution in [0.4, 0.5) is 0 Å². The minimum atomic E-state index is 0.0887. The fourth-order valence-electron chi connectivity index (χ4n) is 1.70. The van der Waals surface area contributed by atoms with Crippen molar-refractivity contribution in [3.63, 3.8) is 0 Å². The summed E-state index contributed by atoms with van der Waals surface area (Å²) < 4.78 is 10.3. The van der Waals surface area contributed by atoms with Gasteiger partial charge in [-0.3, -0.25) is 0 Å². The largest absolute Gasteiger partial charge is 0.504 e. The normalized spacial score (nSPS) is 10.9. The van der Waals surface area contributed by atoms with Gasteiger partial charge in [0.15, 0.2) is 17.3 Å². The minimum Gasteiger partial charge on any atom is -0.504 e. The maximum Gasteiger partial charge on any atom is 0.258 e. The number of phenolic OH excluding ortho intramolecular Hbond substituents is 1. The molecule has 2 rings (SSSR count).